The van der Waals surface area contributed by atoms with Crippen LogP contribution in [0.1, 0.15) is 41.5 Å². The fourth-order valence-corrected chi connectivity index (χ4v) is 0.738. The first kappa shape index (κ1) is 22.6. The lowest BCUT2D eigenvalue weighted by Crippen LogP contribution is -2.13. The summed E-state index contributed by atoms with van der Waals surface area (Å²) in [5, 5.41) is 0. The molecule has 4 nitrogen and oxygen atoms in total. The van der Waals surface area contributed by atoms with Crippen LogP contribution in [-0.2, 0) is 14.2 Å². The van der Waals surface area contributed by atoms with Gasteiger partial charge in [-0.3, -0.25) is 0 Å². The second-order valence-corrected chi connectivity index (χ2v) is 3.08. The molecule has 0 fully saturated rings. The predicted octanol–water partition coefficient (Wildman–Crippen LogP) is 2.97. The summed E-state index contributed by atoms with van der Waals surface area (Å²) in [6, 6.07) is 0. The van der Waals surface area contributed by atoms with Gasteiger partial charge in [-0.15, -0.1) is 0 Å². The van der Waals surface area contributed by atoms with Gasteiger partial charge in [0.15, 0.2) is 0 Å². The molecule has 0 aliphatic heterocycles. The molecule has 0 unspecified atom stereocenters. The lowest BCUT2D eigenvalue weighted by molar-refractivity contribution is 0.0325. The highest BCUT2D eigenvalue weighted by Crippen LogP contribution is 1.89. The van der Waals surface area contributed by atoms with Crippen molar-refractivity contribution in [2.75, 3.05) is 39.6 Å². The third-order valence-corrected chi connectivity index (χ3v) is 1.30. The maximum Gasteiger partial charge on any atom is 0.111 e. The molecule has 0 spiro atoms. The van der Waals surface area contributed by atoms with Gasteiger partial charge in [0.1, 0.15) is 6.61 Å². The van der Waals surface area contributed by atoms with Gasteiger partial charge in [0.2, 0.25) is 0 Å². The molecular formula is C14H33NO3. The Kier molecular flexibility index (Phi) is 31.8. The summed E-state index contributed by atoms with van der Waals surface area (Å²) in [7, 11) is 0. The summed E-state index contributed by atoms with van der Waals surface area (Å²) in [5.41, 5.74) is 6.39. The molecule has 0 aromatic rings. The molecule has 4 heteroatoms. The van der Waals surface area contributed by atoms with Crippen molar-refractivity contribution in [1.29, 1.82) is 0 Å². The summed E-state index contributed by atoms with van der Waals surface area (Å²) in [5.74, 6) is 0. The summed E-state index contributed by atoms with van der Waals surface area (Å²) in [4.78, 5) is 0. The minimum atomic E-state index is 0.559. The van der Waals surface area contributed by atoms with Gasteiger partial charge in [0.05, 0.1) is 32.7 Å². The van der Waals surface area contributed by atoms with E-state index in [9.17, 15) is 0 Å². The molecule has 0 amide bonds. The number of hydrogen-bond acceptors (Lipinski definition) is 4. The number of nitrogens with two attached hydrogens (primary N) is 1. The molecule has 18 heavy (non-hydrogen) atoms. The SMILES string of the molecule is CC.CC.CC(C)=COCCOCCOCCN. The van der Waals surface area contributed by atoms with Gasteiger partial charge in [-0.2, -0.15) is 0 Å². The van der Waals surface area contributed by atoms with Gasteiger partial charge in [-0.1, -0.05) is 27.7 Å². The van der Waals surface area contributed by atoms with Crippen molar-refractivity contribution in [2.45, 2.75) is 41.5 Å². The number of rotatable bonds is 9. The van der Waals surface area contributed by atoms with Crippen LogP contribution in [0.15, 0.2) is 11.8 Å². The monoisotopic (exact) mass is 263 g/mol. The predicted molar refractivity (Wildman–Crippen MR) is 78.8 cm³/mol. The van der Waals surface area contributed by atoms with Crippen molar-refractivity contribution in [1.82, 2.24) is 0 Å². The smallest absolute Gasteiger partial charge is 0.111 e. The van der Waals surface area contributed by atoms with Crippen LogP contribution in [0.3, 0.4) is 0 Å². The molecule has 2 N–H and O–H groups in total. The van der Waals surface area contributed by atoms with Gasteiger partial charge >= 0.3 is 0 Å². The van der Waals surface area contributed by atoms with E-state index in [0.29, 0.717) is 39.6 Å². The fourth-order valence-electron chi connectivity index (χ4n) is 0.738. The van der Waals surface area contributed by atoms with Crippen molar-refractivity contribution in [3.63, 3.8) is 0 Å². The average molecular weight is 263 g/mol. The van der Waals surface area contributed by atoms with Gasteiger partial charge in [0.25, 0.3) is 0 Å². The first-order chi connectivity index (χ1) is 8.77. The van der Waals surface area contributed by atoms with E-state index in [2.05, 4.69) is 0 Å². The highest BCUT2D eigenvalue weighted by Gasteiger charge is 1.89. The highest BCUT2D eigenvalue weighted by molar-refractivity contribution is 4.86. The zero-order valence-corrected chi connectivity index (χ0v) is 13.1. The molecule has 0 atom stereocenters. The van der Waals surface area contributed by atoms with Crippen LogP contribution >= 0.6 is 0 Å². The largest absolute Gasteiger partial charge is 0.499 e. The first-order valence-electron chi connectivity index (χ1n) is 6.88. The number of ether oxygens (including phenoxy) is 3. The van der Waals surface area contributed by atoms with Crippen LogP contribution in [0.4, 0.5) is 0 Å². The van der Waals surface area contributed by atoms with Crippen molar-refractivity contribution in [2.24, 2.45) is 5.73 Å². The quantitative estimate of drug-likeness (QED) is 0.513. The summed E-state index contributed by atoms with van der Waals surface area (Å²) >= 11 is 0. The molecule has 0 aliphatic rings. The Labute approximate surface area is 113 Å². The first-order valence-corrected chi connectivity index (χ1v) is 6.88. The van der Waals surface area contributed by atoms with Gasteiger partial charge in [-0.05, 0) is 19.4 Å². The molecule has 0 saturated carbocycles. The van der Waals surface area contributed by atoms with Crippen LogP contribution in [-0.4, -0.2) is 39.6 Å². The second kappa shape index (κ2) is 25.3. The Balaban J connectivity index is -0.000000506. The van der Waals surface area contributed by atoms with Crippen molar-refractivity contribution in [3.8, 4) is 0 Å². The third-order valence-electron chi connectivity index (χ3n) is 1.30. The Morgan fingerprint density at radius 3 is 1.72 bits per heavy atom. The molecule has 0 rings (SSSR count). The molecule has 0 saturated heterocycles. The van der Waals surface area contributed by atoms with Crippen LogP contribution in [0.5, 0.6) is 0 Å². The van der Waals surface area contributed by atoms with E-state index in [0.717, 1.165) is 5.57 Å². The van der Waals surface area contributed by atoms with Gasteiger partial charge < -0.3 is 19.9 Å². The molecule has 0 bridgehead atoms. The van der Waals surface area contributed by atoms with Crippen molar-refractivity contribution in [3.05, 3.63) is 11.8 Å². The topological polar surface area (TPSA) is 53.7 Å². The summed E-state index contributed by atoms with van der Waals surface area (Å²) in [6.07, 6.45) is 1.73. The van der Waals surface area contributed by atoms with E-state index >= 15 is 0 Å². The maximum absolute atomic E-state index is 5.25. The Hall–Kier alpha value is -0.580. The molecular weight excluding hydrogens is 230 g/mol. The second-order valence-electron chi connectivity index (χ2n) is 3.08. The van der Waals surface area contributed by atoms with Gasteiger partial charge in [0, 0.05) is 6.54 Å². The van der Waals surface area contributed by atoms with Crippen LogP contribution in [0, 0.1) is 0 Å². The number of allylic oxidation sites excluding steroid dienone is 1. The molecule has 0 aromatic heterocycles. The van der Waals surface area contributed by atoms with Crippen LogP contribution < -0.4 is 5.73 Å². The standard InChI is InChI=1S/C10H21NO3.2C2H6/c1-10(2)9-14-8-7-13-6-5-12-4-3-11;2*1-2/h9H,3-8,11H2,1-2H3;2*1-2H3. The maximum atomic E-state index is 5.25. The van der Waals surface area contributed by atoms with E-state index in [1.165, 1.54) is 0 Å². The molecule has 112 valence electrons. The number of hydrogen-bond donors (Lipinski definition) is 1. The molecule has 0 radical (unpaired) electrons. The van der Waals surface area contributed by atoms with Crippen molar-refractivity contribution < 1.29 is 14.2 Å². The van der Waals surface area contributed by atoms with E-state index in [4.69, 9.17) is 19.9 Å². The lowest BCUT2D eigenvalue weighted by atomic mass is 10.4. The minimum Gasteiger partial charge on any atom is -0.499 e. The van der Waals surface area contributed by atoms with Crippen molar-refractivity contribution >= 4 is 0 Å². The van der Waals surface area contributed by atoms with Crippen LogP contribution in [0.25, 0.3) is 0 Å². The molecule has 0 heterocycles. The summed E-state index contributed by atoms with van der Waals surface area (Å²) in [6.45, 7) is 15.5. The van der Waals surface area contributed by atoms with E-state index in [1.807, 2.05) is 41.5 Å². The highest BCUT2D eigenvalue weighted by atomic mass is 16.5. The lowest BCUT2D eigenvalue weighted by Gasteiger charge is -2.04. The van der Waals surface area contributed by atoms with E-state index in [1.54, 1.807) is 6.26 Å². The van der Waals surface area contributed by atoms with Crippen LogP contribution in [0.2, 0.25) is 0 Å². The Morgan fingerprint density at radius 2 is 1.28 bits per heavy atom. The minimum absolute atomic E-state index is 0.559. The zero-order valence-electron chi connectivity index (χ0n) is 13.1. The Bertz CT molecular complexity index is 146. The fraction of sp³-hybridized carbons (Fsp3) is 0.857. The zero-order chi connectivity index (χ0) is 14.6. The average Bonchev–Trinajstić information content (AvgIpc) is 2.41. The van der Waals surface area contributed by atoms with E-state index in [-0.39, 0.29) is 0 Å². The normalized spacial score (nSPS) is 8.39. The third kappa shape index (κ3) is 29.5. The Morgan fingerprint density at radius 1 is 0.833 bits per heavy atom. The summed E-state index contributed by atoms with van der Waals surface area (Å²) < 4.78 is 15.5. The van der Waals surface area contributed by atoms with Gasteiger partial charge in [-0.25, -0.2) is 0 Å². The molecule has 0 aliphatic carbocycles. The molecule has 0 aromatic carbocycles. The van der Waals surface area contributed by atoms with E-state index < -0.39 is 0 Å².